The van der Waals surface area contributed by atoms with E-state index >= 15 is 0 Å². The molecule has 0 unspecified atom stereocenters. The first kappa shape index (κ1) is 18.2. The van der Waals surface area contributed by atoms with Crippen molar-refractivity contribution in [1.29, 1.82) is 0 Å². The van der Waals surface area contributed by atoms with E-state index in [-0.39, 0.29) is 6.09 Å². The van der Waals surface area contributed by atoms with Gasteiger partial charge in [-0.05, 0) is 69.9 Å². The quantitative estimate of drug-likeness (QED) is 0.822. The normalized spacial score (nSPS) is 19.0. The van der Waals surface area contributed by atoms with Gasteiger partial charge in [0.05, 0.1) is 0 Å². The van der Waals surface area contributed by atoms with Gasteiger partial charge in [-0.2, -0.15) is 0 Å². The number of aromatic nitrogens is 2. The van der Waals surface area contributed by atoms with E-state index in [0.717, 1.165) is 31.7 Å². The highest BCUT2D eigenvalue weighted by atomic mass is 35.5. The number of nitrogens with zero attached hydrogens (tertiary/aromatic N) is 3. The van der Waals surface area contributed by atoms with E-state index in [1.165, 1.54) is 18.4 Å². The summed E-state index contributed by atoms with van der Waals surface area (Å²) in [5.74, 6) is 2.06. The SMILES string of the molecule is CC(C)(C)OC(=O)NCC1CCN(c2nc(Cl)ncc2C2CC2)CC1. The van der Waals surface area contributed by atoms with Gasteiger partial charge in [0.25, 0.3) is 0 Å². The number of halogens is 1. The van der Waals surface area contributed by atoms with Crippen LogP contribution in [0.15, 0.2) is 6.20 Å². The zero-order chi connectivity index (χ0) is 18.0. The maximum Gasteiger partial charge on any atom is 0.407 e. The number of piperidine rings is 1. The van der Waals surface area contributed by atoms with E-state index in [9.17, 15) is 4.79 Å². The molecule has 6 nitrogen and oxygen atoms in total. The molecule has 1 aromatic heterocycles. The predicted molar refractivity (Wildman–Crippen MR) is 98.2 cm³/mol. The van der Waals surface area contributed by atoms with Crippen molar-refractivity contribution in [2.24, 2.45) is 5.92 Å². The van der Waals surface area contributed by atoms with Gasteiger partial charge < -0.3 is 15.0 Å². The molecule has 2 aliphatic rings. The van der Waals surface area contributed by atoms with E-state index in [2.05, 4.69) is 20.2 Å². The topological polar surface area (TPSA) is 67.3 Å². The molecule has 2 fully saturated rings. The van der Waals surface area contributed by atoms with Crippen LogP contribution in [0.25, 0.3) is 0 Å². The number of alkyl carbamates (subject to hydrolysis) is 1. The van der Waals surface area contributed by atoms with E-state index in [1.54, 1.807) is 0 Å². The molecule has 1 amide bonds. The van der Waals surface area contributed by atoms with Crippen molar-refractivity contribution in [3.05, 3.63) is 17.0 Å². The zero-order valence-electron chi connectivity index (χ0n) is 15.2. The summed E-state index contributed by atoms with van der Waals surface area (Å²) in [5.41, 5.74) is 0.772. The third kappa shape index (κ3) is 5.21. The van der Waals surface area contributed by atoms with Gasteiger partial charge in [0.1, 0.15) is 11.4 Å². The van der Waals surface area contributed by atoms with Crippen molar-refractivity contribution in [2.75, 3.05) is 24.5 Å². The summed E-state index contributed by atoms with van der Waals surface area (Å²) < 4.78 is 5.29. The Morgan fingerprint density at radius 3 is 2.60 bits per heavy atom. The third-order valence-electron chi connectivity index (χ3n) is 4.63. The van der Waals surface area contributed by atoms with Gasteiger partial charge in [-0.25, -0.2) is 14.8 Å². The van der Waals surface area contributed by atoms with Crippen molar-refractivity contribution in [2.45, 2.75) is 58.0 Å². The van der Waals surface area contributed by atoms with Crippen LogP contribution >= 0.6 is 11.6 Å². The van der Waals surface area contributed by atoms with E-state index in [0.29, 0.717) is 23.7 Å². The number of amides is 1. The highest BCUT2D eigenvalue weighted by Gasteiger charge is 2.31. The standard InChI is InChI=1S/C18H27ClN4O2/c1-18(2,3)25-17(24)21-10-12-6-8-23(9-7-12)15-14(13-4-5-13)11-20-16(19)22-15/h11-13H,4-10H2,1-3H3,(H,21,24). The molecule has 138 valence electrons. The van der Waals surface area contributed by atoms with Crippen molar-refractivity contribution < 1.29 is 9.53 Å². The molecule has 0 bridgehead atoms. The first-order valence-electron chi connectivity index (χ1n) is 9.06. The summed E-state index contributed by atoms with van der Waals surface area (Å²) in [4.78, 5) is 22.7. The minimum atomic E-state index is -0.459. The number of hydrogen-bond acceptors (Lipinski definition) is 5. The van der Waals surface area contributed by atoms with Crippen LogP contribution in [-0.2, 0) is 4.74 Å². The van der Waals surface area contributed by atoms with Crippen LogP contribution in [0.5, 0.6) is 0 Å². The van der Waals surface area contributed by atoms with Crippen LogP contribution < -0.4 is 10.2 Å². The Kier molecular flexibility index (Phi) is 5.37. The fraction of sp³-hybridized carbons (Fsp3) is 0.722. The van der Waals surface area contributed by atoms with Crippen LogP contribution in [0.1, 0.15) is 57.9 Å². The van der Waals surface area contributed by atoms with E-state index in [1.807, 2.05) is 27.0 Å². The summed E-state index contributed by atoms with van der Waals surface area (Å²) in [7, 11) is 0. The highest BCUT2D eigenvalue weighted by Crippen LogP contribution is 2.44. The molecule has 0 spiro atoms. The summed E-state index contributed by atoms with van der Waals surface area (Å²) in [6.45, 7) is 8.12. The summed E-state index contributed by atoms with van der Waals surface area (Å²) in [6, 6.07) is 0. The van der Waals surface area contributed by atoms with Gasteiger partial charge in [0.15, 0.2) is 0 Å². The maximum atomic E-state index is 11.8. The van der Waals surface area contributed by atoms with Crippen LogP contribution in [0.2, 0.25) is 5.28 Å². The van der Waals surface area contributed by atoms with Gasteiger partial charge >= 0.3 is 6.09 Å². The number of carbonyl (C=O) groups excluding carboxylic acids is 1. The molecule has 1 saturated carbocycles. The lowest BCUT2D eigenvalue weighted by Crippen LogP contribution is -2.40. The van der Waals surface area contributed by atoms with Gasteiger partial charge in [-0.3, -0.25) is 0 Å². The number of hydrogen-bond donors (Lipinski definition) is 1. The molecule has 25 heavy (non-hydrogen) atoms. The number of carbonyl (C=O) groups is 1. The molecule has 0 radical (unpaired) electrons. The van der Waals surface area contributed by atoms with Crippen LogP contribution in [0.4, 0.5) is 10.6 Å². The van der Waals surface area contributed by atoms with Crippen LogP contribution in [-0.4, -0.2) is 41.3 Å². The lowest BCUT2D eigenvalue weighted by atomic mass is 9.96. The van der Waals surface area contributed by atoms with Crippen LogP contribution in [0.3, 0.4) is 0 Å². The van der Waals surface area contributed by atoms with Gasteiger partial charge in [-0.15, -0.1) is 0 Å². The Labute approximate surface area is 154 Å². The van der Waals surface area contributed by atoms with Gasteiger partial charge in [-0.1, -0.05) is 0 Å². The molecule has 1 N–H and O–H groups in total. The number of rotatable bonds is 4. The fourth-order valence-corrected chi connectivity index (χ4v) is 3.32. The second-order valence-electron chi connectivity index (χ2n) is 8.01. The Morgan fingerprint density at radius 1 is 1.32 bits per heavy atom. The van der Waals surface area contributed by atoms with Crippen molar-refractivity contribution in [3.8, 4) is 0 Å². The molecule has 2 heterocycles. The lowest BCUT2D eigenvalue weighted by Gasteiger charge is -2.34. The monoisotopic (exact) mass is 366 g/mol. The lowest BCUT2D eigenvalue weighted by molar-refractivity contribution is 0.0517. The predicted octanol–water partition coefficient (Wildman–Crippen LogP) is 3.75. The summed E-state index contributed by atoms with van der Waals surface area (Å²) in [6.07, 6.45) is 6.01. The first-order valence-corrected chi connectivity index (χ1v) is 9.44. The van der Waals surface area contributed by atoms with Crippen molar-refractivity contribution in [1.82, 2.24) is 15.3 Å². The number of nitrogens with one attached hydrogen (secondary N) is 1. The molecule has 1 aromatic rings. The molecule has 1 saturated heterocycles. The van der Waals surface area contributed by atoms with Gasteiger partial charge in [0.2, 0.25) is 5.28 Å². The molecule has 3 rings (SSSR count). The first-order chi connectivity index (χ1) is 11.8. The smallest absolute Gasteiger partial charge is 0.407 e. The Hall–Kier alpha value is -1.56. The molecular formula is C18H27ClN4O2. The maximum absolute atomic E-state index is 11.8. The van der Waals surface area contributed by atoms with Crippen molar-refractivity contribution in [3.63, 3.8) is 0 Å². The third-order valence-corrected chi connectivity index (χ3v) is 4.81. The highest BCUT2D eigenvalue weighted by molar-refractivity contribution is 6.28. The van der Waals surface area contributed by atoms with Gasteiger partial charge in [0, 0.05) is 31.4 Å². The Morgan fingerprint density at radius 2 is 2.00 bits per heavy atom. The van der Waals surface area contributed by atoms with Crippen LogP contribution in [0, 0.1) is 5.92 Å². The Balaban J connectivity index is 1.51. The van der Waals surface area contributed by atoms with Crippen molar-refractivity contribution >= 4 is 23.5 Å². The average molecular weight is 367 g/mol. The fourth-order valence-electron chi connectivity index (χ4n) is 3.19. The average Bonchev–Trinajstić information content (AvgIpc) is 3.36. The van der Waals surface area contributed by atoms with E-state index in [4.69, 9.17) is 16.3 Å². The molecule has 7 heteroatoms. The minimum absolute atomic E-state index is 0.313. The molecular weight excluding hydrogens is 340 g/mol. The molecule has 1 aliphatic heterocycles. The zero-order valence-corrected chi connectivity index (χ0v) is 16.0. The number of anilines is 1. The largest absolute Gasteiger partial charge is 0.444 e. The summed E-state index contributed by atoms with van der Waals surface area (Å²) >= 11 is 6.02. The summed E-state index contributed by atoms with van der Waals surface area (Å²) in [5, 5.41) is 3.20. The minimum Gasteiger partial charge on any atom is -0.444 e. The molecule has 1 aliphatic carbocycles. The number of ether oxygens (including phenoxy) is 1. The Bertz CT molecular complexity index is 620. The second kappa shape index (κ2) is 7.36. The van der Waals surface area contributed by atoms with E-state index < -0.39 is 5.60 Å². The molecule has 0 atom stereocenters. The second-order valence-corrected chi connectivity index (χ2v) is 8.34. The molecule has 0 aromatic carbocycles.